The molecule has 0 aliphatic heterocycles. The fraction of sp³-hybridized carbons (Fsp3) is 0. The molecule has 0 amide bonds. The maximum absolute atomic E-state index is 10.1. The van der Waals surface area contributed by atoms with E-state index in [-0.39, 0.29) is 38.7 Å². The molecular formula is C10H8CdN4O4. The van der Waals surface area contributed by atoms with Crippen molar-refractivity contribution in [2.24, 2.45) is 0 Å². The van der Waals surface area contributed by atoms with E-state index in [2.05, 4.69) is 19.9 Å². The predicted molar refractivity (Wildman–Crippen MR) is 58.0 cm³/mol. The molecule has 94 valence electrons. The quantitative estimate of drug-likeness (QED) is 0.734. The standard InChI is InChI=1S/2C5H4N2O2.Cd/c2*8-5(9)4-3-6-1-2-7-4;/h2*1-3H,(H,8,9);. The Balaban J connectivity index is 0.000000324. The van der Waals surface area contributed by atoms with Gasteiger partial charge in [-0.05, 0) is 0 Å². The van der Waals surface area contributed by atoms with Crippen LogP contribution >= 0.6 is 0 Å². The van der Waals surface area contributed by atoms with Crippen molar-refractivity contribution in [1.82, 2.24) is 19.9 Å². The Hall–Kier alpha value is -1.98. The van der Waals surface area contributed by atoms with E-state index in [4.69, 9.17) is 10.2 Å². The van der Waals surface area contributed by atoms with E-state index in [0.29, 0.717) is 0 Å². The molecule has 2 aromatic heterocycles. The second kappa shape index (κ2) is 9.02. The molecule has 19 heavy (non-hydrogen) atoms. The fourth-order valence-electron chi connectivity index (χ4n) is 0.819. The van der Waals surface area contributed by atoms with Gasteiger partial charge in [0.1, 0.15) is 0 Å². The summed E-state index contributed by atoms with van der Waals surface area (Å²) in [6.45, 7) is 0. The molecule has 2 N–H and O–H groups in total. The van der Waals surface area contributed by atoms with Gasteiger partial charge in [-0.2, -0.15) is 0 Å². The predicted octanol–water partition coefficient (Wildman–Crippen LogP) is 0.347. The summed E-state index contributed by atoms with van der Waals surface area (Å²) in [5, 5.41) is 16.6. The molecule has 9 heteroatoms. The molecule has 0 unspecified atom stereocenters. The molecule has 0 fully saturated rings. The second-order valence-corrected chi connectivity index (χ2v) is 2.79. The van der Waals surface area contributed by atoms with E-state index >= 15 is 0 Å². The summed E-state index contributed by atoms with van der Waals surface area (Å²) in [6.07, 6.45) is 7.91. The molecule has 8 nitrogen and oxygen atoms in total. The number of hydrogen-bond acceptors (Lipinski definition) is 6. The summed E-state index contributed by atoms with van der Waals surface area (Å²) >= 11 is 0. The Bertz CT molecular complexity index is 474. The number of nitrogens with zero attached hydrogens (tertiary/aromatic N) is 4. The molecule has 0 aromatic carbocycles. The Morgan fingerprint density at radius 1 is 0.789 bits per heavy atom. The van der Waals surface area contributed by atoms with Crippen molar-refractivity contribution in [2.75, 3.05) is 0 Å². The van der Waals surface area contributed by atoms with Gasteiger partial charge in [-0.1, -0.05) is 0 Å². The van der Waals surface area contributed by atoms with Crippen molar-refractivity contribution >= 4 is 11.9 Å². The summed E-state index contributed by atoms with van der Waals surface area (Å²) in [6, 6.07) is 0. The van der Waals surface area contributed by atoms with Gasteiger partial charge in [-0.15, -0.1) is 0 Å². The molecule has 0 aliphatic carbocycles. The average molecular weight is 361 g/mol. The van der Waals surface area contributed by atoms with Gasteiger partial charge < -0.3 is 10.2 Å². The number of aromatic nitrogens is 4. The number of carboxylic acid groups (broad SMARTS) is 2. The van der Waals surface area contributed by atoms with Gasteiger partial charge in [0.15, 0.2) is 11.4 Å². The summed E-state index contributed by atoms with van der Waals surface area (Å²) in [5.41, 5.74) is -0.0602. The largest absolute Gasteiger partial charge is 0.476 e. The van der Waals surface area contributed by atoms with Gasteiger partial charge in [-0.25, -0.2) is 19.6 Å². The van der Waals surface area contributed by atoms with E-state index in [0.717, 1.165) is 0 Å². The Labute approximate surface area is 127 Å². The van der Waals surface area contributed by atoms with Gasteiger partial charge >= 0.3 is 11.9 Å². The fourth-order valence-corrected chi connectivity index (χ4v) is 0.819. The monoisotopic (exact) mass is 362 g/mol. The second-order valence-electron chi connectivity index (χ2n) is 2.79. The van der Waals surface area contributed by atoms with Crippen molar-refractivity contribution in [2.45, 2.75) is 0 Å². The number of rotatable bonds is 2. The van der Waals surface area contributed by atoms with Crippen LogP contribution in [-0.2, 0) is 27.3 Å². The van der Waals surface area contributed by atoms with Gasteiger partial charge in [0.05, 0.1) is 12.4 Å². The molecule has 0 radical (unpaired) electrons. The SMILES string of the molecule is O=C(O)c1cnccn1.O=C(O)c1cnccn1.[Cd]. The number of carboxylic acids is 2. The minimum Gasteiger partial charge on any atom is -0.476 e. The van der Waals surface area contributed by atoms with Gasteiger partial charge in [0.2, 0.25) is 0 Å². The van der Waals surface area contributed by atoms with Crippen LogP contribution in [0.2, 0.25) is 0 Å². The van der Waals surface area contributed by atoms with E-state index in [1.165, 1.54) is 37.2 Å². The molecule has 2 aromatic rings. The van der Waals surface area contributed by atoms with Crippen LogP contribution in [0.4, 0.5) is 0 Å². The minimum absolute atomic E-state index is 0. The Kier molecular flexibility index (Phi) is 8.08. The smallest absolute Gasteiger partial charge is 0.356 e. The molecule has 0 bridgehead atoms. The first-order valence-electron chi connectivity index (χ1n) is 4.60. The number of aromatic carboxylic acids is 2. The van der Waals surface area contributed by atoms with Crippen LogP contribution in [0.3, 0.4) is 0 Å². The third-order valence-electron chi connectivity index (χ3n) is 1.56. The third-order valence-corrected chi connectivity index (χ3v) is 1.56. The van der Waals surface area contributed by atoms with Crippen molar-refractivity contribution in [3.63, 3.8) is 0 Å². The van der Waals surface area contributed by atoms with Gasteiger partial charge in [-0.3, -0.25) is 9.97 Å². The maximum Gasteiger partial charge on any atom is 0.356 e. The van der Waals surface area contributed by atoms with Crippen LogP contribution in [-0.4, -0.2) is 42.1 Å². The van der Waals surface area contributed by atoms with Gasteiger partial charge in [0.25, 0.3) is 0 Å². The molecule has 0 spiro atoms. The van der Waals surface area contributed by atoms with E-state index < -0.39 is 11.9 Å². The summed E-state index contributed by atoms with van der Waals surface area (Å²) in [4.78, 5) is 34.4. The third kappa shape index (κ3) is 6.50. The Morgan fingerprint density at radius 2 is 1.16 bits per heavy atom. The van der Waals surface area contributed by atoms with E-state index in [1.807, 2.05) is 0 Å². The van der Waals surface area contributed by atoms with Crippen molar-refractivity contribution in [3.8, 4) is 0 Å². The normalized spacial score (nSPS) is 8.42. The molecule has 2 rings (SSSR count). The summed E-state index contributed by atoms with van der Waals surface area (Å²) < 4.78 is 0. The number of hydrogen-bond donors (Lipinski definition) is 2. The minimum atomic E-state index is -1.05. The summed E-state index contributed by atoms with van der Waals surface area (Å²) in [7, 11) is 0. The van der Waals surface area contributed by atoms with Crippen LogP contribution in [0, 0.1) is 0 Å². The first kappa shape index (κ1) is 17.0. The van der Waals surface area contributed by atoms with E-state index in [9.17, 15) is 9.59 Å². The van der Waals surface area contributed by atoms with Crippen molar-refractivity contribution < 1.29 is 47.1 Å². The number of carbonyl (C=O) groups is 2. The molecule has 0 atom stereocenters. The topological polar surface area (TPSA) is 126 Å². The van der Waals surface area contributed by atoms with Crippen molar-refractivity contribution in [3.05, 3.63) is 48.6 Å². The summed E-state index contributed by atoms with van der Waals surface area (Å²) in [5.74, 6) is -2.11. The zero-order valence-corrected chi connectivity index (χ0v) is 13.7. The first-order valence-corrected chi connectivity index (χ1v) is 4.60. The van der Waals surface area contributed by atoms with Crippen LogP contribution in [0.5, 0.6) is 0 Å². The molecule has 2 heterocycles. The maximum atomic E-state index is 10.1. The van der Waals surface area contributed by atoms with Crippen molar-refractivity contribution in [1.29, 1.82) is 0 Å². The molecule has 0 saturated heterocycles. The van der Waals surface area contributed by atoms with Crippen LogP contribution in [0.1, 0.15) is 21.0 Å². The zero-order valence-electron chi connectivity index (χ0n) is 9.67. The average Bonchev–Trinajstić information content (AvgIpc) is 2.41. The van der Waals surface area contributed by atoms with Crippen LogP contribution in [0.15, 0.2) is 37.2 Å². The molecule has 0 saturated carbocycles. The molecule has 0 aliphatic rings. The first-order chi connectivity index (χ1) is 8.61. The Morgan fingerprint density at radius 3 is 1.32 bits per heavy atom. The molecular weight excluding hydrogens is 353 g/mol. The van der Waals surface area contributed by atoms with Crippen LogP contribution in [0.25, 0.3) is 0 Å². The van der Waals surface area contributed by atoms with Crippen LogP contribution < -0.4 is 0 Å². The van der Waals surface area contributed by atoms with E-state index in [1.54, 1.807) is 0 Å². The zero-order chi connectivity index (χ0) is 13.4. The van der Waals surface area contributed by atoms with Gasteiger partial charge in [0, 0.05) is 52.1 Å².